The SMILES string of the molecule is Cc1cc(N)nn1Cc1cc(Cl)ccc1OCC(C)C.Cl. The lowest BCUT2D eigenvalue weighted by Crippen LogP contribution is -2.09. The van der Waals surface area contributed by atoms with E-state index in [0.717, 1.165) is 17.0 Å². The summed E-state index contributed by atoms with van der Waals surface area (Å²) in [4.78, 5) is 0. The Bertz CT molecular complexity index is 597. The standard InChI is InChI=1S/C15H20ClN3O.ClH/c1-10(2)9-20-14-5-4-13(16)7-12(14)8-19-11(3)6-15(17)18-19;/h4-7,10H,8-9H2,1-3H3,(H2,17,18);1H. The van der Waals surface area contributed by atoms with Crippen LogP contribution < -0.4 is 10.5 Å². The summed E-state index contributed by atoms with van der Waals surface area (Å²) in [5, 5.41) is 4.96. The molecule has 1 aromatic carbocycles. The Morgan fingerprint density at radius 2 is 2.05 bits per heavy atom. The van der Waals surface area contributed by atoms with Gasteiger partial charge in [0.25, 0.3) is 0 Å². The number of nitrogens with two attached hydrogens (primary N) is 1. The van der Waals surface area contributed by atoms with Crippen LogP contribution in [0.4, 0.5) is 5.82 Å². The van der Waals surface area contributed by atoms with E-state index < -0.39 is 0 Å². The van der Waals surface area contributed by atoms with Gasteiger partial charge in [0.15, 0.2) is 0 Å². The number of anilines is 1. The number of ether oxygens (including phenoxy) is 1. The second-order valence-electron chi connectivity index (χ2n) is 5.33. The van der Waals surface area contributed by atoms with Crippen molar-refractivity contribution in [2.45, 2.75) is 27.3 Å². The lowest BCUT2D eigenvalue weighted by Gasteiger charge is -2.14. The van der Waals surface area contributed by atoms with Gasteiger partial charge >= 0.3 is 0 Å². The van der Waals surface area contributed by atoms with Crippen LogP contribution in [0.3, 0.4) is 0 Å². The summed E-state index contributed by atoms with van der Waals surface area (Å²) in [6, 6.07) is 7.50. The highest BCUT2D eigenvalue weighted by Gasteiger charge is 2.09. The van der Waals surface area contributed by atoms with Crippen molar-refractivity contribution in [2.75, 3.05) is 12.3 Å². The third kappa shape index (κ3) is 4.83. The van der Waals surface area contributed by atoms with E-state index >= 15 is 0 Å². The first-order valence-corrected chi connectivity index (χ1v) is 7.04. The normalized spacial score (nSPS) is 10.5. The number of halogens is 2. The predicted molar refractivity (Wildman–Crippen MR) is 89.5 cm³/mol. The zero-order valence-corrected chi connectivity index (χ0v) is 14.0. The molecule has 0 saturated heterocycles. The predicted octanol–water partition coefficient (Wildman–Crippen LogP) is 3.93. The van der Waals surface area contributed by atoms with Crippen LogP contribution in [0.5, 0.6) is 5.75 Å². The van der Waals surface area contributed by atoms with Gasteiger partial charge in [-0.1, -0.05) is 25.4 Å². The molecule has 0 amide bonds. The fourth-order valence-corrected chi connectivity index (χ4v) is 2.12. The Hall–Kier alpha value is -1.39. The highest BCUT2D eigenvalue weighted by atomic mass is 35.5. The third-order valence-electron chi connectivity index (χ3n) is 2.91. The van der Waals surface area contributed by atoms with Crippen molar-refractivity contribution in [1.29, 1.82) is 0 Å². The Morgan fingerprint density at radius 3 is 2.62 bits per heavy atom. The molecule has 2 aromatic rings. The van der Waals surface area contributed by atoms with Crippen molar-refractivity contribution in [1.82, 2.24) is 9.78 Å². The Balaban J connectivity index is 0.00000220. The van der Waals surface area contributed by atoms with Crippen LogP contribution in [0.2, 0.25) is 5.02 Å². The van der Waals surface area contributed by atoms with Gasteiger partial charge in [0.05, 0.1) is 13.2 Å². The number of hydrogen-bond donors (Lipinski definition) is 1. The summed E-state index contributed by atoms with van der Waals surface area (Å²) in [7, 11) is 0. The molecule has 0 saturated carbocycles. The molecule has 0 aliphatic heterocycles. The molecule has 1 aromatic heterocycles. The number of benzene rings is 1. The van der Waals surface area contributed by atoms with Crippen molar-refractivity contribution >= 4 is 29.8 Å². The molecule has 0 bridgehead atoms. The molecular formula is C15H21Cl2N3O. The van der Waals surface area contributed by atoms with E-state index in [9.17, 15) is 0 Å². The van der Waals surface area contributed by atoms with Gasteiger partial charge in [-0.15, -0.1) is 12.4 Å². The number of aryl methyl sites for hydroxylation is 1. The smallest absolute Gasteiger partial charge is 0.145 e. The Labute approximate surface area is 136 Å². The molecule has 1 heterocycles. The Morgan fingerprint density at radius 1 is 1.33 bits per heavy atom. The van der Waals surface area contributed by atoms with Gasteiger partial charge in [0, 0.05) is 22.3 Å². The lowest BCUT2D eigenvalue weighted by molar-refractivity contribution is 0.268. The van der Waals surface area contributed by atoms with Gasteiger partial charge in [-0.3, -0.25) is 4.68 Å². The fourth-order valence-electron chi connectivity index (χ4n) is 1.93. The van der Waals surface area contributed by atoms with Crippen molar-refractivity contribution in [3.63, 3.8) is 0 Å². The topological polar surface area (TPSA) is 53.1 Å². The van der Waals surface area contributed by atoms with Crippen LogP contribution in [0.1, 0.15) is 25.1 Å². The van der Waals surface area contributed by atoms with Gasteiger partial charge in [-0.2, -0.15) is 5.10 Å². The van der Waals surface area contributed by atoms with Gasteiger partial charge < -0.3 is 10.5 Å². The average Bonchev–Trinajstić information content (AvgIpc) is 2.66. The molecule has 0 fully saturated rings. The summed E-state index contributed by atoms with van der Waals surface area (Å²) >= 11 is 6.08. The zero-order valence-electron chi connectivity index (χ0n) is 12.5. The van der Waals surface area contributed by atoms with E-state index in [2.05, 4.69) is 18.9 Å². The van der Waals surface area contributed by atoms with E-state index in [-0.39, 0.29) is 12.4 Å². The number of rotatable bonds is 5. The van der Waals surface area contributed by atoms with E-state index in [1.54, 1.807) is 0 Å². The molecule has 0 atom stereocenters. The number of nitrogen functional groups attached to an aromatic ring is 1. The monoisotopic (exact) mass is 329 g/mol. The third-order valence-corrected chi connectivity index (χ3v) is 3.15. The minimum atomic E-state index is 0. The first-order chi connectivity index (χ1) is 9.45. The van der Waals surface area contributed by atoms with E-state index in [4.69, 9.17) is 22.1 Å². The summed E-state index contributed by atoms with van der Waals surface area (Å²) < 4.78 is 7.69. The molecule has 2 N–H and O–H groups in total. The van der Waals surface area contributed by atoms with Crippen LogP contribution in [-0.2, 0) is 6.54 Å². The summed E-state index contributed by atoms with van der Waals surface area (Å²) in [5.41, 5.74) is 7.73. The molecular weight excluding hydrogens is 309 g/mol. The summed E-state index contributed by atoms with van der Waals surface area (Å²) in [6.45, 7) is 7.48. The first-order valence-electron chi connectivity index (χ1n) is 6.67. The second kappa shape index (κ2) is 7.57. The van der Waals surface area contributed by atoms with Gasteiger partial charge in [0.1, 0.15) is 11.6 Å². The van der Waals surface area contributed by atoms with E-state index in [1.165, 1.54) is 0 Å². The van der Waals surface area contributed by atoms with E-state index in [1.807, 2.05) is 35.9 Å². The van der Waals surface area contributed by atoms with Crippen molar-refractivity contribution in [2.24, 2.45) is 5.92 Å². The van der Waals surface area contributed by atoms with E-state index in [0.29, 0.717) is 29.9 Å². The zero-order chi connectivity index (χ0) is 14.7. The minimum Gasteiger partial charge on any atom is -0.493 e. The molecule has 0 radical (unpaired) electrons. The maximum absolute atomic E-state index is 6.08. The van der Waals surface area contributed by atoms with Crippen LogP contribution >= 0.6 is 24.0 Å². The maximum Gasteiger partial charge on any atom is 0.145 e. The molecule has 116 valence electrons. The van der Waals surface area contributed by atoms with Gasteiger partial charge in [0.2, 0.25) is 0 Å². The molecule has 4 nitrogen and oxygen atoms in total. The molecule has 0 aliphatic rings. The van der Waals surface area contributed by atoms with Gasteiger partial charge in [-0.05, 0) is 31.0 Å². The first kappa shape index (κ1) is 17.7. The summed E-state index contributed by atoms with van der Waals surface area (Å²) in [5.74, 6) is 1.84. The van der Waals surface area contributed by atoms with Crippen molar-refractivity contribution in [3.05, 3.63) is 40.5 Å². The molecule has 2 rings (SSSR count). The number of hydrogen-bond acceptors (Lipinski definition) is 3. The molecule has 0 unspecified atom stereocenters. The molecule has 0 aliphatic carbocycles. The molecule has 6 heteroatoms. The molecule has 0 spiro atoms. The maximum atomic E-state index is 6.08. The number of nitrogens with zero attached hydrogens (tertiary/aromatic N) is 2. The minimum absolute atomic E-state index is 0. The molecule has 21 heavy (non-hydrogen) atoms. The Kier molecular flexibility index (Phi) is 6.37. The van der Waals surface area contributed by atoms with Crippen LogP contribution in [-0.4, -0.2) is 16.4 Å². The van der Waals surface area contributed by atoms with Crippen molar-refractivity contribution < 1.29 is 4.74 Å². The van der Waals surface area contributed by atoms with Crippen LogP contribution in [0, 0.1) is 12.8 Å². The van der Waals surface area contributed by atoms with Crippen LogP contribution in [0.25, 0.3) is 0 Å². The van der Waals surface area contributed by atoms with Crippen molar-refractivity contribution in [3.8, 4) is 5.75 Å². The quantitative estimate of drug-likeness (QED) is 0.904. The fraction of sp³-hybridized carbons (Fsp3) is 0.400. The largest absolute Gasteiger partial charge is 0.493 e. The lowest BCUT2D eigenvalue weighted by atomic mass is 10.2. The van der Waals surface area contributed by atoms with Crippen LogP contribution in [0.15, 0.2) is 24.3 Å². The average molecular weight is 330 g/mol. The highest BCUT2D eigenvalue weighted by molar-refractivity contribution is 6.30. The second-order valence-corrected chi connectivity index (χ2v) is 5.76. The van der Waals surface area contributed by atoms with Gasteiger partial charge in [-0.25, -0.2) is 0 Å². The summed E-state index contributed by atoms with van der Waals surface area (Å²) in [6.07, 6.45) is 0. The highest BCUT2D eigenvalue weighted by Crippen LogP contribution is 2.25. The number of aromatic nitrogens is 2.